The van der Waals surface area contributed by atoms with Crippen LogP contribution in [0.4, 0.5) is 15.8 Å². The van der Waals surface area contributed by atoms with Gasteiger partial charge < -0.3 is 10.6 Å². The first-order valence-electron chi connectivity index (χ1n) is 9.07. The number of anilines is 2. The van der Waals surface area contributed by atoms with Gasteiger partial charge in [0.05, 0.1) is 0 Å². The quantitative estimate of drug-likeness (QED) is 0.768. The molecule has 1 aliphatic rings. The summed E-state index contributed by atoms with van der Waals surface area (Å²) in [6.07, 6.45) is 6.54. The average molecular weight is 354 g/mol. The van der Waals surface area contributed by atoms with Crippen molar-refractivity contribution in [1.29, 1.82) is 0 Å². The van der Waals surface area contributed by atoms with Crippen LogP contribution in [-0.4, -0.2) is 11.8 Å². The van der Waals surface area contributed by atoms with Gasteiger partial charge in [0, 0.05) is 23.4 Å². The number of nitrogens with one attached hydrogen (secondary N) is 2. The fourth-order valence-electron chi connectivity index (χ4n) is 3.30. The number of hydrogen-bond acceptors (Lipinski definition) is 2. The van der Waals surface area contributed by atoms with Crippen LogP contribution in [0.3, 0.4) is 0 Å². The highest BCUT2D eigenvalue weighted by molar-refractivity contribution is 6.04. The van der Waals surface area contributed by atoms with Crippen LogP contribution in [0.15, 0.2) is 48.5 Å². The van der Waals surface area contributed by atoms with E-state index in [0.29, 0.717) is 29.3 Å². The van der Waals surface area contributed by atoms with Gasteiger partial charge in [-0.2, -0.15) is 0 Å². The SMILES string of the molecule is O=C(CCC1CCCC1)Nc1ccc(C(=O)Nc2ccc(F)cc2)cc1. The number of carbonyl (C=O) groups excluding carboxylic acids is 2. The molecule has 3 rings (SSSR count). The molecule has 4 nitrogen and oxygen atoms in total. The Morgan fingerprint density at radius 3 is 2.12 bits per heavy atom. The zero-order chi connectivity index (χ0) is 18.4. The van der Waals surface area contributed by atoms with E-state index >= 15 is 0 Å². The van der Waals surface area contributed by atoms with Gasteiger partial charge in [0.15, 0.2) is 0 Å². The summed E-state index contributed by atoms with van der Waals surface area (Å²) in [5.74, 6) is 0.0745. The fourth-order valence-corrected chi connectivity index (χ4v) is 3.30. The highest BCUT2D eigenvalue weighted by Gasteiger charge is 2.16. The molecule has 136 valence electrons. The van der Waals surface area contributed by atoms with Crippen LogP contribution >= 0.6 is 0 Å². The predicted molar refractivity (Wildman–Crippen MR) is 101 cm³/mol. The van der Waals surface area contributed by atoms with Crippen molar-refractivity contribution in [2.45, 2.75) is 38.5 Å². The zero-order valence-corrected chi connectivity index (χ0v) is 14.6. The summed E-state index contributed by atoms with van der Waals surface area (Å²) in [7, 11) is 0. The van der Waals surface area contributed by atoms with E-state index < -0.39 is 0 Å². The van der Waals surface area contributed by atoms with Gasteiger partial charge in [-0.25, -0.2) is 4.39 Å². The van der Waals surface area contributed by atoms with Crippen molar-refractivity contribution >= 4 is 23.2 Å². The first-order valence-corrected chi connectivity index (χ1v) is 9.07. The summed E-state index contributed by atoms with van der Waals surface area (Å²) >= 11 is 0. The van der Waals surface area contributed by atoms with E-state index in [1.165, 1.54) is 49.9 Å². The second kappa shape index (κ2) is 8.61. The molecule has 0 aromatic heterocycles. The summed E-state index contributed by atoms with van der Waals surface area (Å²) in [5.41, 5.74) is 1.68. The minimum atomic E-state index is -0.351. The number of rotatable bonds is 6. The van der Waals surface area contributed by atoms with Crippen molar-refractivity contribution in [2.24, 2.45) is 5.92 Å². The van der Waals surface area contributed by atoms with Gasteiger partial charge in [0.1, 0.15) is 5.82 Å². The number of carbonyl (C=O) groups is 2. The van der Waals surface area contributed by atoms with Crippen molar-refractivity contribution in [3.05, 3.63) is 59.9 Å². The van der Waals surface area contributed by atoms with Crippen LogP contribution in [0.2, 0.25) is 0 Å². The second-order valence-corrected chi connectivity index (χ2v) is 6.78. The Morgan fingerprint density at radius 1 is 0.885 bits per heavy atom. The van der Waals surface area contributed by atoms with Gasteiger partial charge in [0.25, 0.3) is 5.91 Å². The molecule has 2 aromatic rings. The Morgan fingerprint density at radius 2 is 1.46 bits per heavy atom. The molecule has 0 unspecified atom stereocenters. The average Bonchev–Trinajstić information content (AvgIpc) is 3.16. The molecular formula is C21H23FN2O2. The zero-order valence-electron chi connectivity index (χ0n) is 14.6. The summed E-state index contributed by atoms with van der Waals surface area (Å²) in [6.45, 7) is 0. The Labute approximate surface area is 152 Å². The van der Waals surface area contributed by atoms with Crippen LogP contribution in [0, 0.1) is 11.7 Å². The molecule has 0 aliphatic heterocycles. The lowest BCUT2D eigenvalue weighted by Gasteiger charge is -2.10. The van der Waals surface area contributed by atoms with E-state index in [1.54, 1.807) is 24.3 Å². The van der Waals surface area contributed by atoms with Crippen LogP contribution < -0.4 is 10.6 Å². The minimum Gasteiger partial charge on any atom is -0.326 e. The maximum Gasteiger partial charge on any atom is 0.255 e. The van der Waals surface area contributed by atoms with Crippen molar-refractivity contribution in [3.8, 4) is 0 Å². The first kappa shape index (κ1) is 18.1. The predicted octanol–water partition coefficient (Wildman–Crippen LogP) is 4.99. The number of benzene rings is 2. The lowest BCUT2D eigenvalue weighted by Crippen LogP contribution is -2.14. The first-order chi connectivity index (χ1) is 12.6. The molecule has 5 heteroatoms. The lowest BCUT2D eigenvalue weighted by molar-refractivity contribution is -0.116. The van der Waals surface area contributed by atoms with E-state index in [1.807, 2.05) is 0 Å². The number of amides is 2. The Balaban J connectivity index is 1.49. The van der Waals surface area contributed by atoms with Crippen molar-refractivity contribution < 1.29 is 14.0 Å². The lowest BCUT2D eigenvalue weighted by atomic mass is 10.0. The van der Waals surface area contributed by atoms with E-state index in [9.17, 15) is 14.0 Å². The molecule has 1 aliphatic carbocycles. The van der Waals surface area contributed by atoms with Crippen LogP contribution in [0.25, 0.3) is 0 Å². The topological polar surface area (TPSA) is 58.2 Å². The maximum atomic E-state index is 12.9. The monoisotopic (exact) mass is 354 g/mol. The van der Waals surface area contributed by atoms with Crippen molar-refractivity contribution in [2.75, 3.05) is 10.6 Å². The van der Waals surface area contributed by atoms with Gasteiger partial charge >= 0.3 is 0 Å². The number of hydrogen-bond donors (Lipinski definition) is 2. The molecule has 2 N–H and O–H groups in total. The smallest absolute Gasteiger partial charge is 0.255 e. The highest BCUT2D eigenvalue weighted by atomic mass is 19.1. The molecule has 0 heterocycles. The van der Waals surface area contributed by atoms with Gasteiger partial charge in [-0.3, -0.25) is 9.59 Å². The third-order valence-corrected chi connectivity index (χ3v) is 4.79. The molecule has 2 aromatic carbocycles. The van der Waals surface area contributed by atoms with Gasteiger partial charge in [-0.1, -0.05) is 25.7 Å². The van der Waals surface area contributed by atoms with E-state index in [4.69, 9.17) is 0 Å². The third-order valence-electron chi connectivity index (χ3n) is 4.79. The van der Waals surface area contributed by atoms with E-state index in [2.05, 4.69) is 10.6 Å². The van der Waals surface area contributed by atoms with Crippen molar-refractivity contribution in [1.82, 2.24) is 0 Å². The highest BCUT2D eigenvalue weighted by Crippen LogP contribution is 2.28. The van der Waals surface area contributed by atoms with E-state index in [0.717, 1.165) is 6.42 Å². The molecular weight excluding hydrogens is 331 g/mol. The normalized spacial score (nSPS) is 14.2. The van der Waals surface area contributed by atoms with Crippen LogP contribution in [0.1, 0.15) is 48.9 Å². The van der Waals surface area contributed by atoms with Gasteiger partial charge in [-0.15, -0.1) is 0 Å². The summed E-state index contributed by atoms with van der Waals surface area (Å²) < 4.78 is 12.9. The fraction of sp³-hybridized carbons (Fsp3) is 0.333. The summed E-state index contributed by atoms with van der Waals surface area (Å²) in [5, 5.41) is 5.58. The summed E-state index contributed by atoms with van der Waals surface area (Å²) in [6, 6.07) is 12.3. The van der Waals surface area contributed by atoms with Crippen molar-refractivity contribution in [3.63, 3.8) is 0 Å². The molecule has 0 radical (unpaired) electrons. The second-order valence-electron chi connectivity index (χ2n) is 6.78. The Hall–Kier alpha value is -2.69. The molecule has 0 atom stereocenters. The molecule has 0 bridgehead atoms. The van der Waals surface area contributed by atoms with E-state index in [-0.39, 0.29) is 17.6 Å². The van der Waals surface area contributed by atoms with Gasteiger partial charge in [0.2, 0.25) is 5.91 Å². The molecule has 0 spiro atoms. The molecule has 26 heavy (non-hydrogen) atoms. The molecule has 2 amide bonds. The van der Waals surface area contributed by atoms with Gasteiger partial charge in [-0.05, 0) is 60.9 Å². The summed E-state index contributed by atoms with van der Waals surface area (Å²) in [4.78, 5) is 24.2. The number of halogens is 1. The Kier molecular flexibility index (Phi) is 6.00. The van der Waals surface area contributed by atoms with Crippen LogP contribution in [-0.2, 0) is 4.79 Å². The molecule has 0 saturated heterocycles. The third kappa shape index (κ3) is 5.15. The standard InChI is InChI=1S/C21H23FN2O2/c22-17-8-12-19(13-9-17)24-21(26)16-6-10-18(11-7-16)23-20(25)14-5-15-3-1-2-4-15/h6-13,15H,1-5,14H2,(H,23,25)(H,24,26). The molecule has 1 fully saturated rings. The minimum absolute atomic E-state index is 0.0143. The Bertz CT molecular complexity index is 751. The maximum absolute atomic E-state index is 12.9. The van der Waals surface area contributed by atoms with Crippen LogP contribution in [0.5, 0.6) is 0 Å². The molecule has 1 saturated carbocycles. The largest absolute Gasteiger partial charge is 0.326 e.